The highest BCUT2D eigenvalue weighted by Gasteiger charge is 2.77. The quantitative estimate of drug-likeness (QED) is 0.250. The molecule has 0 aromatic heterocycles. The van der Waals surface area contributed by atoms with Crippen LogP contribution in [0.4, 0.5) is 14.9 Å². The van der Waals surface area contributed by atoms with Crippen LogP contribution in [0.5, 0.6) is 11.5 Å². The van der Waals surface area contributed by atoms with Crippen LogP contribution in [-0.4, -0.2) is 63.7 Å². The Bertz CT molecular complexity index is 1720. The second-order valence-corrected chi connectivity index (χ2v) is 13.7. The first kappa shape index (κ1) is 31.0. The maximum Gasteiger partial charge on any atom is 0.423 e. The molecule has 2 saturated heterocycles. The molecule has 10 nitrogen and oxygen atoms in total. The molecule has 2 aromatic carbocycles. The minimum atomic E-state index is -2.22. The van der Waals surface area contributed by atoms with Crippen LogP contribution >= 0.6 is 55.1 Å². The van der Waals surface area contributed by atoms with Crippen LogP contribution in [0, 0.1) is 23.6 Å². The summed E-state index contributed by atoms with van der Waals surface area (Å²) in [6, 6.07) is 6.07. The highest BCUT2D eigenvalue weighted by atomic mass is 79.9. The maximum atomic E-state index is 14.4. The highest BCUT2D eigenvalue weighted by molar-refractivity contribution is 9.13. The number of carbonyl (C=O) groups is 5. The number of alkyl halides is 2. The van der Waals surface area contributed by atoms with Crippen molar-refractivity contribution < 1.29 is 42.9 Å². The summed E-state index contributed by atoms with van der Waals surface area (Å²) in [4.78, 5) is 64.9. The molecule has 0 bridgehead atoms. The number of rotatable bonds is 3. The smallest absolute Gasteiger partial charge is 0.423 e. The third-order valence-electron chi connectivity index (χ3n) is 8.96. The third kappa shape index (κ3) is 3.91. The number of hydrogen-bond acceptors (Lipinski definition) is 8. The minimum absolute atomic E-state index is 0.00285. The van der Waals surface area contributed by atoms with E-state index < -0.39 is 69.0 Å². The van der Waals surface area contributed by atoms with Gasteiger partial charge in [0.2, 0.25) is 11.8 Å². The van der Waals surface area contributed by atoms with Crippen molar-refractivity contribution in [3.63, 3.8) is 0 Å². The van der Waals surface area contributed by atoms with Gasteiger partial charge in [-0.15, -0.1) is 23.2 Å². The van der Waals surface area contributed by atoms with Gasteiger partial charge in [0.15, 0.2) is 21.2 Å². The summed E-state index contributed by atoms with van der Waals surface area (Å²) in [5, 5.41) is 10.7. The zero-order chi connectivity index (χ0) is 32.0. The van der Waals surface area contributed by atoms with Gasteiger partial charge in [-0.1, -0.05) is 11.6 Å². The lowest BCUT2D eigenvalue weighted by Crippen LogP contribution is -2.60. The van der Waals surface area contributed by atoms with E-state index in [0.29, 0.717) is 10.5 Å². The van der Waals surface area contributed by atoms with Gasteiger partial charge in [-0.05, 0) is 86.5 Å². The van der Waals surface area contributed by atoms with Crippen molar-refractivity contribution in [1.29, 1.82) is 0 Å². The van der Waals surface area contributed by atoms with Gasteiger partial charge in [0.05, 0.1) is 36.2 Å². The molecular weight excluding hydrogens is 754 g/mol. The van der Waals surface area contributed by atoms with Crippen LogP contribution in [0.15, 0.2) is 50.9 Å². The molecule has 2 aromatic rings. The van der Waals surface area contributed by atoms with E-state index in [1.165, 1.54) is 25.3 Å². The third-order valence-corrected chi connectivity index (χ3v) is 12.5. The standard InChI is InChI=1S/C29H21Br2Cl2FN2O8/c1-43-17-9-15(20(30)21(31)22(17)37)19-13-7-8-14-18(24(39)36(23(14)38)27(42)44-2)16(13)10-28(32)25(40)35(26(41)29(19,28)33)12-5-3-11(34)4-6-12/h3-7,9,14,16,18-19,37H,8,10H2,1-2H3. The Hall–Kier alpha value is -3.00. The molecule has 6 atom stereocenters. The molecule has 1 saturated carbocycles. The normalized spacial score (nSPS) is 31.0. The van der Waals surface area contributed by atoms with E-state index in [4.69, 9.17) is 27.9 Å². The molecule has 44 heavy (non-hydrogen) atoms. The number of fused-ring (bicyclic) bond motifs is 4. The van der Waals surface area contributed by atoms with Gasteiger partial charge in [-0.2, -0.15) is 4.90 Å². The zero-order valence-electron chi connectivity index (χ0n) is 22.8. The zero-order valence-corrected chi connectivity index (χ0v) is 27.5. The number of methoxy groups -OCH3 is 2. The predicted octanol–water partition coefficient (Wildman–Crippen LogP) is 5.39. The Balaban J connectivity index is 1.61. The van der Waals surface area contributed by atoms with E-state index >= 15 is 0 Å². The van der Waals surface area contributed by atoms with Gasteiger partial charge in [0.1, 0.15) is 5.82 Å². The summed E-state index contributed by atoms with van der Waals surface area (Å²) in [6.45, 7) is 0. The summed E-state index contributed by atoms with van der Waals surface area (Å²) >= 11 is 21.4. The fraction of sp³-hybridized carbons (Fsp3) is 0.345. The number of nitrogens with zero attached hydrogens (tertiary/aromatic N) is 2. The van der Waals surface area contributed by atoms with Crippen LogP contribution in [-0.2, 0) is 23.9 Å². The van der Waals surface area contributed by atoms with E-state index in [1.807, 2.05) is 0 Å². The summed E-state index contributed by atoms with van der Waals surface area (Å²) in [5.41, 5.74) is 0.745. The first-order valence-corrected chi connectivity index (χ1v) is 15.5. The lowest BCUT2D eigenvalue weighted by molar-refractivity contribution is -0.138. The number of phenolic OH excluding ortho intramolecular Hbond substituents is 1. The lowest BCUT2D eigenvalue weighted by atomic mass is 9.56. The average molecular weight is 775 g/mol. The fourth-order valence-corrected chi connectivity index (χ4v) is 8.88. The summed E-state index contributed by atoms with van der Waals surface area (Å²) in [5.74, 6) is -8.45. The van der Waals surface area contributed by atoms with E-state index in [9.17, 15) is 33.5 Å². The van der Waals surface area contributed by atoms with Crippen LogP contribution in [0.1, 0.15) is 24.3 Å². The number of carbonyl (C=O) groups excluding carboxylic acids is 5. The molecule has 2 aliphatic heterocycles. The van der Waals surface area contributed by atoms with Crippen molar-refractivity contribution >= 4 is 90.5 Å². The second-order valence-electron chi connectivity index (χ2n) is 10.9. The molecule has 1 N–H and O–H groups in total. The Morgan fingerprint density at radius 3 is 2.30 bits per heavy atom. The van der Waals surface area contributed by atoms with Crippen molar-refractivity contribution in [3.8, 4) is 11.5 Å². The first-order valence-electron chi connectivity index (χ1n) is 13.2. The van der Waals surface area contributed by atoms with E-state index in [0.717, 1.165) is 24.1 Å². The molecule has 0 radical (unpaired) electrons. The van der Waals surface area contributed by atoms with E-state index in [1.54, 1.807) is 6.08 Å². The highest BCUT2D eigenvalue weighted by Crippen LogP contribution is 2.67. The number of anilines is 1. The number of aromatic hydroxyl groups is 1. The molecule has 0 spiro atoms. The number of benzene rings is 2. The number of hydrogen-bond donors (Lipinski definition) is 1. The van der Waals surface area contributed by atoms with Crippen molar-refractivity contribution in [2.75, 3.05) is 19.1 Å². The van der Waals surface area contributed by atoms with Gasteiger partial charge < -0.3 is 14.6 Å². The number of amides is 5. The Morgan fingerprint density at radius 1 is 1.02 bits per heavy atom. The SMILES string of the molecule is COC(=O)N1C(=O)C2CC=C3C(CC4(Cl)C(=O)N(c5ccc(F)cc5)C(=O)C4(Cl)C3c3cc(OC)c(O)c(Br)c3Br)C2C1=O. The molecule has 2 heterocycles. The molecule has 230 valence electrons. The molecular formula is C29H21Br2Cl2FN2O8. The van der Waals surface area contributed by atoms with E-state index in [2.05, 4.69) is 36.6 Å². The number of likely N-dealkylation sites (tertiary alicyclic amines) is 1. The maximum absolute atomic E-state index is 14.4. The number of imide groups is 4. The minimum Gasteiger partial charge on any atom is -0.503 e. The van der Waals surface area contributed by atoms with Gasteiger partial charge in [-0.3, -0.25) is 19.2 Å². The number of phenols is 1. The van der Waals surface area contributed by atoms with Gasteiger partial charge in [0, 0.05) is 10.4 Å². The summed E-state index contributed by atoms with van der Waals surface area (Å²) in [7, 11) is 2.36. The van der Waals surface area contributed by atoms with E-state index in [-0.39, 0.29) is 44.5 Å². The number of allylic oxidation sites excluding steroid dienone is 2. The summed E-state index contributed by atoms with van der Waals surface area (Å²) < 4.78 is 24.3. The average Bonchev–Trinajstić information content (AvgIpc) is 3.34. The molecule has 6 unspecified atom stereocenters. The molecule has 5 amide bonds. The summed E-state index contributed by atoms with van der Waals surface area (Å²) in [6.07, 6.45) is 0.220. The lowest BCUT2D eigenvalue weighted by Gasteiger charge is -2.51. The van der Waals surface area contributed by atoms with Crippen LogP contribution in [0.2, 0.25) is 0 Å². The number of halogens is 5. The van der Waals surface area contributed by atoms with Crippen LogP contribution in [0.3, 0.4) is 0 Å². The van der Waals surface area contributed by atoms with Gasteiger partial charge in [-0.25, -0.2) is 14.1 Å². The van der Waals surface area contributed by atoms with Gasteiger partial charge >= 0.3 is 6.09 Å². The molecule has 6 rings (SSSR count). The molecule has 2 aliphatic carbocycles. The van der Waals surface area contributed by atoms with Crippen LogP contribution in [0.25, 0.3) is 0 Å². The van der Waals surface area contributed by atoms with Crippen molar-refractivity contribution in [3.05, 3.63) is 62.3 Å². The Kier molecular flexibility index (Phi) is 7.42. The fourth-order valence-electron chi connectivity index (χ4n) is 6.99. The number of ether oxygens (including phenoxy) is 2. The molecule has 15 heteroatoms. The van der Waals surface area contributed by atoms with Crippen molar-refractivity contribution in [1.82, 2.24) is 4.90 Å². The van der Waals surface area contributed by atoms with Crippen molar-refractivity contribution in [2.45, 2.75) is 28.5 Å². The van der Waals surface area contributed by atoms with Crippen molar-refractivity contribution in [2.24, 2.45) is 17.8 Å². The predicted molar refractivity (Wildman–Crippen MR) is 161 cm³/mol. The van der Waals surface area contributed by atoms with Gasteiger partial charge in [0.25, 0.3) is 11.8 Å². The Labute approximate surface area is 276 Å². The van der Waals surface area contributed by atoms with Crippen LogP contribution < -0.4 is 9.64 Å². The monoisotopic (exact) mass is 772 g/mol. The topological polar surface area (TPSA) is 131 Å². The largest absolute Gasteiger partial charge is 0.503 e. The Morgan fingerprint density at radius 2 is 1.68 bits per heavy atom. The first-order chi connectivity index (χ1) is 20.7. The molecule has 4 aliphatic rings. The second kappa shape index (κ2) is 10.5. The molecule has 3 fully saturated rings.